The molecular formula is C16H18BrN5O. The van der Waals surface area contributed by atoms with Crippen LogP contribution in [0.4, 0.5) is 5.82 Å². The second kappa shape index (κ2) is 6.84. The smallest absolute Gasteiger partial charge is 0.186 e. The molecule has 0 saturated heterocycles. The molecule has 0 saturated carbocycles. The zero-order valence-electron chi connectivity index (χ0n) is 13.8. The van der Waals surface area contributed by atoms with Crippen LogP contribution >= 0.6 is 15.9 Å². The minimum atomic E-state index is 0.261. The Labute approximate surface area is 144 Å². The van der Waals surface area contributed by atoms with Gasteiger partial charge in [0.15, 0.2) is 16.2 Å². The Hall–Kier alpha value is -2.33. The number of imidazole rings is 1. The van der Waals surface area contributed by atoms with Gasteiger partial charge in [-0.15, -0.1) is 0 Å². The number of nitrogens with zero attached hydrogens (tertiary/aromatic N) is 5. The summed E-state index contributed by atoms with van der Waals surface area (Å²) in [6, 6.07) is 5.99. The molecule has 0 unspecified atom stereocenters. The molecule has 1 heterocycles. The summed E-state index contributed by atoms with van der Waals surface area (Å²) >= 11 is 3.44. The lowest BCUT2D eigenvalue weighted by Crippen LogP contribution is -2.08. The van der Waals surface area contributed by atoms with Gasteiger partial charge in [0.25, 0.3) is 0 Å². The Morgan fingerprint density at radius 3 is 2.65 bits per heavy atom. The van der Waals surface area contributed by atoms with Gasteiger partial charge in [-0.2, -0.15) is 5.26 Å². The third-order valence-electron chi connectivity index (χ3n) is 3.36. The number of nitriles is 1. The number of halogens is 1. The molecule has 2 aromatic rings. The Balaban J connectivity index is 2.79. The average Bonchev–Trinajstić information content (AvgIpc) is 2.81. The number of aliphatic imine (C=N–C) groups is 1. The molecule has 0 spiro atoms. The number of hydrogen-bond acceptors (Lipinski definition) is 4. The molecule has 0 atom stereocenters. The van der Waals surface area contributed by atoms with E-state index in [4.69, 9.17) is 4.74 Å². The lowest BCUT2D eigenvalue weighted by molar-refractivity contribution is 0.411. The zero-order valence-corrected chi connectivity index (χ0v) is 15.3. The van der Waals surface area contributed by atoms with E-state index in [9.17, 15) is 5.26 Å². The van der Waals surface area contributed by atoms with Crippen LogP contribution in [-0.2, 0) is 0 Å². The number of rotatable bonds is 4. The van der Waals surface area contributed by atoms with E-state index in [1.165, 1.54) is 0 Å². The maximum absolute atomic E-state index is 9.35. The minimum Gasteiger partial charge on any atom is -0.496 e. The van der Waals surface area contributed by atoms with Gasteiger partial charge in [0.2, 0.25) is 0 Å². The molecule has 0 amide bonds. The molecule has 23 heavy (non-hydrogen) atoms. The van der Waals surface area contributed by atoms with Gasteiger partial charge in [0, 0.05) is 19.7 Å². The minimum absolute atomic E-state index is 0.261. The van der Waals surface area contributed by atoms with Crippen molar-refractivity contribution < 1.29 is 4.74 Å². The third-order valence-corrected chi connectivity index (χ3v) is 3.89. The highest BCUT2D eigenvalue weighted by atomic mass is 79.9. The standard InChI is InChI=1S/C16H18BrN5O/c1-10-6-7-13(23-5)11(2)14(10)22-15(19-9-21(3)4)12(8-18)20-16(22)17/h6-7,9H,1-5H3/b19-9+. The van der Waals surface area contributed by atoms with Crippen molar-refractivity contribution in [1.29, 1.82) is 5.26 Å². The molecule has 1 aromatic carbocycles. The first-order valence-corrected chi connectivity index (χ1v) is 7.73. The summed E-state index contributed by atoms with van der Waals surface area (Å²) in [7, 11) is 5.37. The van der Waals surface area contributed by atoms with E-state index in [0.717, 1.165) is 22.6 Å². The van der Waals surface area contributed by atoms with Gasteiger partial charge < -0.3 is 9.64 Å². The van der Waals surface area contributed by atoms with E-state index in [-0.39, 0.29) is 5.69 Å². The number of aryl methyl sites for hydroxylation is 1. The van der Waals surface area contributed by atoms with E-state index < -0.39 is 0 Å². The Morgan fingerprint density at radius 2 is 2.09 bits per heavy atom. The van der Waals surface area contributed by atoms with Gasteiger partial charge in [-0.3, -0.25) is 4.57 Å². The van der Waals surface area contributed by atoms with Crippen LogP contribution in [0, 0.1) is 25.2 Å². The predicted octanol–water partition coefficient (Wildman–Crippen LogP) is 3.35. The predicted molar refractivity (Wildman–Crippen MR) is 93.8 cm³/mol. The molecule has 0 aliphatic carbocycles. The van der Waals surface area contributed by atoms with Crippen molar-refractivity contribution in [3.63, 3.8) is 0 Å². The highest BCUT2D eigenvalue weighted by Gasteiger charge is 2.20. The van der Waals surface area contributed by atoms with E-state index in [0.29, 0.717) is 10.6 Å². The van der Waals surface area contributed by atoms with E-state index in [1.54, 1.807) is 18.3 Å². The van der Waals surface area contributed by atoms with Gasteiger partial charge in [-0.1, -0.05) is 6.07 Å². The van der Waals surface area contributed by atoms with E-state index in [1.807, 2.05) is 44.6 Å². The van der Waals surface area contributed by atoms with Crippen LogP contribution < -0.4 is 4.74 Å². The summed E-state index contributed by atoms with van der Waals surface area (Å²) in [5.74, 6) is 1.25. The number of ether oxygens (including phenoxy) is 1. The summed E-state index contributed by atoms with van der Waals surface area (Å²) in [6.07, 6.45) is 1.64. The molecule has 0 aliphatic heterocycles. The summed E-state index contributed by atoms with van der Waals surface area (Å²) < 4.78 is 7.76. The lowest BCUT2D eigenvalue weighted by atomic mass is 10.1. The fourth-order valence-electron chi connectivity index (χ4n) is 2.33. The summed E-state index contributed by atoms with van der Waals surface area (Å²) in [4.78, 5) is 10.5. The Kier molecular flexibility index (Phi) is 5.06. The van der Waals surface area contributed by atoms with E-state index >= 15 is 0 Å². The monoisotopic (exact) mass is 375 g/mol. The molecule has 2 rings (SSSR count). The Morgan fingerprint density at radius 1 is 1.39 bits per heavy atom. The summed E-state index contributed by atoms with van der Waals surface area (Å²) in [5.41, 5.74) is 3.15. The van der Waals surface area contributed by atoms with Crippen molar-refractivity contribution in [2.24, 2.45) is 4.99 Å². The SMILES string of the molecule is COc1ccc(C)c(-n2c(Br)nc(C#N)c2/N=C/N(C)C)c1C. The molecule has 6 nitrogen and oxygen atoms in total. The van der Waals surface area contributed by atoms with Crippen LogP contribution in [0.15, 0.2) is 21.9 Å². The maximum Gasteiger partial charge on any atom is 0.186 e. The molecule has 0 radical (unpaired) electrons. The number of hydrogen-bond donors (Lipinski definition) is 0. The first kappa shape index (κ1) is 17.0. The van der Waals surface area contributed by atoms with Gasteiger partial charge in [0.05, 0.1) is 19.1 Å². The summed E-state index contributed by atoms with van der Waals surface area (Å²) in [5, 5.41) is 9.35. The molecule has 120 valence electrons. The van der Waals surface area contributed by atoms with Crippen molar-refractivity contribution in [3.8, 4) is 17.5 Å². The molecule has 0 aliphatic rings. The fraction of sp³-hybridized carbons (Fsp3) is 0.312. The first-order valence-electron chi connectivity index (χ1n) is 6.94. The molecular weight excluding hydrogens is 358 g/mol. The van der Waals surface area contributed by atoms with Gasteiger partial charge in [0.1, 0.15) is 11.8 Å². The second-order valence-corrected chi connectivity index (χ2v) is 5.98. The lowest BCUT2D eigenvalue weighted by Gasteiger charge is -2.16. The summed E-state index contributed by atoms with van der Waals surface area (Å²) in [6.45, 7) is 3.97. The quantitative estimate of drug-likeness (QED) is 0.606. The molecule has 0 bridgehead atoms. The second-order valence-electron chi connectivity index (χ2n) is 5.27. The fourth-order valence-corrected chi connectivity index (χ4v) is 2.85. The third kappa shape index (κ3) is 3.22. The largest absolute Gasteiger partial charge is 0.496 e. The van der Waals surface area contributed by atoms with Crippen LogP contribution in [0.25, 0.3) is 5.69 Å². The van der Waals surface area contributed by atoms with Gasteiger partial charge in [-0.25, -0.2) is 9.98 Å². The van der Waals surface area contributed by atoms with Crippen molar-refractivity contribution in [2.45, 2.75) is 13.8 Å². The van der Waals surface area contributed by atoms with Crippen LogP contribution in [-0.4, -0.2) is 42.0 Å². The van der Waals surface area contributed by atoms with Crippen LogP contribution in [0.3, 0.4) is 0 Å². The average molecular weight is 376 g/mol. The first-order chi connectivity index (χ1) is 10.9. The van der Waals surface area contributed by atoms with Crippen molar-refractivity contribution >= 4 is 28.1 Å². The van der Waals surface area contributed by atoms with Crippen LogP contribution in [0.2, 0.25) is 0 Å². The van der Waals surface area contributed by atoms with Crippen LogP contribution in [0.1, 0.15) is 16.8 Å². The Bertz CT molecular complexity index is 802. The topological polar surface area (TPSA) is 66.4 Å². The molecule has 1 aromatic heterocycles. The normalized spacial score (nSPS) is 10.8. The van der Waals surface area contributed by atoms with Gasteiger partial charge in [-0.05, 0) is 41.4 Å². The molecule has 0 N–H and O–H groups in total. The van der Waals surface area contributed by atoms with Crippen LogP contribution in [0.5, 0.6) is 5.75 Å². The number of aromatic nitrogens is 2. The zero-order chi connectivity index (χ0) is 17.1. The highest BCUT2D eigenvalue weighted by Crippen LogP contribution is 2.35. The number of benzene rings is 1. The number of methoxy groups -OCH3 is 1. The highest BCUT2D eigenvalue weighted by molar-refractivity contribution is 9.10. The maximum atomic E-state index is 9.35. The van der Waals surface area contributed by atoms with Crippen molar-refractivity contribution in [3.05, 3.63) is 33.7 Å². The van der Waals surface area contributed by atoms with E-state index in [2.05, 4.69) is 32.0 Å². The molecule has 0 fully saturated rings. The van der Waals surface area contributed by atoms with Gasteiger partial charge >= 0.3 is 0 Å². The van der Waals surface area contributed by atoms with Crippen molar-refractivity contribution in [1.82, 2.24) is 14.5 Å². The van der Waals surface area contributed by atoms with Crippen molar-refractivity contribution in [2.75, 3.05) is 21.2 Å². The molecule has 7 heteroatoms.